The van der Waals surface area contributed by atoms with Crippen molar-refractivity contribution in [2.75, 3.05) is 0 Å². The number of aliphatic hydroxyl groups excluding tert-OH is 1. The van der Waals surface area contributed by atoms with Crippen molar-refractivity contribution < 1.29 is 5.11 Å². The summed E-state index contributed by atoms with van der Waals surface area (Å²) < 4.78 is 0. The van der Waals surface area contributed by atoms with Gasteiger partial charge in [0.15, 0.2) is 0 Å². The highest BCUT2D eigenvalue weighted by Gasteiger charge is 2.82. The minimum Gasteiger partial charge on any atom is -0.393 e. The zero-order valence-electron chi connectivity index (χ0n) is 22.4. The minimum atomic E-state index is -0.0888. The highest BCUT2D eigenvalue weighted by Crippen LogP contribution is 2.89. The van der Waals surface area contributed by atoms with Crippen molar-refractivity contribution in [3.8, 4) is 0 Å². The maximum absolute atomic E-state index is 10.9. The molecule has 0 aromatic rings. The van der Waals surface area contributed by atoms with Gasteiger partial charge in [-0.15, -0.1) is 0 Å². The maximum atomic E-state index is 10.9. The Bertz CT molecular complexity index is 779. The van der Waals surface area contributed by atoms with Crippen molar-refractivity contribution in [1.82, 2.24) is 0 Å². The first kappa shape index (κ1) is 23.4. The van der Waals surface area contributed by atoms with Crippen LogP contribution in [-0.2, 0) is 0 Å². The summed E-state index contributed by atoms with van der Waals surface area (Å²) in [7, 11) is 0. The van der Waals surface area contributed by atoms with E-state index in [0.717, 1.165) is 30.1 Å². The molecule has 0 amide bonds. The van der Waals surface area contributed by atoms with Crippen molar-refractivity contribution in [2.24, 2.45) is 56.7 Å². The Morgan fingerprint density at radius 3 is 2.19 bits per heavy atom. The Morgan fingerprint density at radius 2 is 1.50 bits per heavy atom. The van der Waals surface area contributed by atoms with E-state index in [1.54, 1.807) is 0 Å². The van der Waals surface area contributed by atoms with E-state index in [1.807, 2.05) is 0 Å². The Hall–Kier alpha value is -0.300. The van der Waals surface area contributed by atoms with E-state index < -0.39 is 0 Å². The summed E-state index contributed by atoms with van der Waals surface area (Å²) in [6.45, 7) is 21.8. The Labute approximate surface area is 199 Å². The van der Waals surface area contributed by atoms with E-state index in [2.05, 4.69) is 55.0 Å². The van der Waals surface area contributed by atoms with Crippen LogP contribution in [0.3, 0.4) is 0 Å². The number of hydrogen-bond acceptors (Lipinski definition) is 1. The third-order valence-electron chi connectivity index (χ3n) is 13.6. The molecule has 9 atom stereocenters. The van der Waals surface area contributed by atoms with Gasteiger partial charge in [0.25, 0.3) is 0 Å². The van der Waals surface area contributed by atoms with Gasteiger partial charge in [-0.3, -0.25) is 0 Å². The molecule has 1 N–H and O–H groups in total. The minimum absolute atomic E-state index is 0.0888. The van der Waals surface area contributed by atoms with Crippen LogP contribution in [0.25, 0.3) is 0 Å². The van der Waals surface area contributed by atoms with E-state index in [0.29, 0.717) is 27.6 Å². The summed E-state index contributed by atoms with van der Waals surface area (Å²) >= 11 is 0. The fourth-order valence-electron chi connectivity index (χ4n) is 11.2. The van der Waals surface area contributed by atoms with Crippen LogP contribution in [0, 0.1) is 56.7 Å². The number of allylic oxidation sites excluding steroid dienone is 1. The lowest BCUT2D eigenvalue weighted by molar-refractivity contribution is -0.161. The molecule has 0 radical (unpaired) electrons. The third kappa shape index (κ3) is 2.73. The molecule has 2 spiro atoms. The molecule has 32 heavy (non-hydrogen) atoms. The average Bonchev–Trinajstić information content (AvgIpc) is 3.31. The highest BCUT2D eigenvalue weighted by molar-refractivity contribution is 5.30. The first-order valence-corrected chi connectivity index (χ1v) is 14.2. The van der Waals surface area contributed by atoms with Crippen molar-refractivity contribution in [2.45, 2.75) is 125 Å². The van der Waals surface area contributed by atoms with Gasteiger partial charge in [-0.05, 0) is 127 Å². The highest BCUT2D eigenvalue weighted by atomic mass is 16.3. The summed E-state index contributed by atoms with van der Waals surface area (Å²) in [6.07, 6.45) is 15.0. The molecule has 5 aliphatic rings. The quantitative estimate of drug-likeness (QED) is 0.425. The molecule has 0 saturated heterocycles. The number of hydrogen-bond donors (Lipinski definition) is 1. The molecule has 0 bridgehead atoms. The van der Waals surface area contributed by atoms with Crippen LogP contribution in [0.1, 0.15) is 119 Å². The van der Waals surface area contributed by atoms with Crippen molar-refractivity contribution >= 4 is 0 Å². The van der Waals surface area contributed by atoms with Crippen LogP contribution in [-0.4, -0.2) is 11.2 Å². The summed E-state index contributed by atoms with van der Waals surface area (Å²) in [4.78, 5) is 0. The van der Waals surface area contributed by atoms with Gasteiger partial charge in [-0.2, -0.15) is 0 Å². The SMILES string of the molecule is C=C(CC[C@@H](C)[C@H]1CC[C@@]2(C)[C@@H]3CC[C@H]4C(C)(C)C(O)CCC45CC35CC[C@]12C)C(C)C. The molecule has 0 aromatic carbocycles. The zero-order valence-corrected chi connectivity index (χ0v) is 22.4. The van der Waals surface area contributed by atoms with Gasteiger partial charge in [-0.1, -0.05) is 60.6 Å². The van der Waals surface area contributed by atoms with Crippen LogP contribution in [0.4, 0.5) is 0 Å². The first-order valence-electron chi connectivity index (χ1n) is 14.2. The maximum Gasteiger partial charge on any atom is 0.0594 e. The summed E-state index contributed by atoms with van der Waals surface area (Å²) in [5.74, 6) is 4.02. The standard InChI is InChI=1S/C31H52O/c1-20(2)21(3)9-10-22(4)23-13-15-29(8)25-12-11-24-27(5,6)26(32)14-16-30(24)19-31(25,30)18-17-28(23,29)7/h20,22-26,32H,3,9-19H2,1-2,4-8H3/t22-,23-,24+,25+,26?,28-,29+,30?,31?/m1/s1. The van der Waals surface area contributed by atoms with E-state index in [-0.39, 0.29) is 11.5 Å². The number of rotatable bonds is 5. The van der Waals surface area contributed by atoms with Crippen LogP contribution in [0.15, 0.2) is 12.2 Å². The molecule has 1 nitrogen and oxygen atoms in total. The molecule has 0 aliphatic heterocycles. The topological polar surface area (TPSA) is 20.2 Å². The van der Waals surface area contributed by atoms with Crippen molar-refractivity contribution in [1.29, 1.82) is 0 Å². The van der Waals surface area contributed by atoms with Gasteiger partial charge in [-0.25, -0.2) is 0 Å². The molecule has 5 fully saturated rings. The van der Waals surface area contributed by atoms with Crippen molar-refractivity contribution in [3.63, 3.8) is 0 Å². The van der Waals surface area contributed by atoms with Crippen LogP contribution < -0.4 is 0 Å². The monoisotopic (exact) mass is 440 g/mol. The lowest BCUT2D eigenvalue weighted by atomic mass is 9.41. The Morgan fingerprint density at radius 1 is 0.844 bits per heavy atom. The van der Waals surface area contributed by atoms with E-state index in [9.17, 15) is 5.11 Å². The van der Waals surface area contributed by atoms with E-state index in [1.165, 1.54) is 69.8 Å². The van der Waals surface area contributed by atoms with Crippen molar-refractivity contribution in [3.05, 3.63) is 12.2 Å². The van der Waals surface area contributed by atoms with E-state index in [4.69, 9.17) is 0 Å². The van der Waals surface area contributed by atoms with Gasteiger partial charge in [0.05, 0.1) is 6.10 Å². The summed E-state index contributed by atoms with van der Waals surface area (Å²) in [5, 5.41) is 10.9. The predicted molar refractivity (Wildman–Crippen MR) is 135 cm³/mol. The average molecular weight is 441 g/mol. The number of fused-ring (bicyclic) bond motifs is 2. The molecular weight excluding hydrogens is 388 g/mol. The smallest absolute Gasteiger partial charge is 0.0594 e. The molecule has 182 valence electrons. The summed E-state index contributed by atoms with van der Waals surface area (Å²) in [6, 6.07) is 0. The largest absolute Gasteiger partial charge is 0.393 e. The van der Waals surface area contributed by atoms with E-state index >= 15 is 0 Å². The Kier molecular flexibility index (Phi) is 5.21. The fourth-order valence-corrected chi connectivity index (χ4v) is 11.2. The zero-order chi connectivity index (χ0) is 23.3. The molecular formula is C31H52O. The molecule has 3 unspecified atom stereocenters. The first-order chi connectivity index (χ1) is 14.9. The Balaban J connectivity index is 1.39. The predicted octanol–water partition coefficient (Wildman–Crippen LogP) is 8.41. The van der Waals surface area contributed by atoms with Crippen LogP contribution in [0.5, 0.6) is 0 Å². The lowest BCUT2D eigenvalue weighted by Crippen LogP contribution is -2.57. The second kappa shape index (κ2) is 7.11. The normalized spacial score (nSPS) is 51.9. The molecule has 5 saturated carbocycles. The molecule has 5 aliphatic carbocycles. The fraction of sp³-hybridized carbons (Fsp3) is 0.935. The van der Waals surface area contributed by atoms with Gasteiger partial charge in [0.1, 0.15) is 0 Å². The second-order valence-corrected chi connectivity index (χ2v) is 14.9. The van der Waals surface area contributed by atoms with Gasteiger partial charge in [0.2, 0.25) is 0 Å². The lowest BCUT2D eigenvalue weighted by Gasteiger charge is -2.63. The number of aliphatic hydroxyl groups is 1. The second-order valence-electron chi connectivity index (χ2n) is 14.9. The van der Waals surface area contributed by atoms with Gasteiger partial charge >= 0.3 is 0 Å². The van der Waals surface area contributed by atoms with Crippen LogP contribution in [0.2, 0.25) is 0 Å². The molecule has 5 rings (SSSR count). The molecule has 0 aromatic heterocycles. The summed E-state index contributed by atoms with van der Waals surface area (Å²) in [5.41, 5.74) is 3.79. The third-order valence-corrected chi connectivity index (χ3v) is 13.6. The van der Waals surface area contributed by atoms with Gasteiger partial charge < -0.3 is 5.11 Å². The molecule has 0 heterocycles. The van der Waals surface area contributed by atoms with Crippen LogP contribution >= 0.6 is 0 Å². The van der Waals surface area contributed by atoms with Gasteiger partial charge in [0, 0.05) is 0 Å². The molecule has 1 heteroatoms.